The zero-order chi connectivity index (χ0) is 22.5. The molecule has 0 aliphatic rings. The third kappa shape index (κ3) is 2.89. The topological polar surface area (TPSA) is 25.8 Å². The molecule has 5 aromatic carbocycles. The summed E-state index contributed by atoms with van der Waals surface area (Å²) < 4.78 is 0. The molecule has 2 heterocycles. The van der Waals surface area contributed by atoms with Crippen molar-refractivity contribution in [2.24, 2.45) is 0 Å². The molecule has 0 atom stereocenters. The fraction of sp³-hybridized carbons (Fsp3) is 0. The van der Waals surface area contributed by atoms with Crippen molar-refractivity contribution in [3.05, 3.63) is 122 Å². The Bertz CT molecular complexity index is 1770. The van der Waals surface area contributed by atoms with Crippen LogP contribution in [-0.2, 0) is 0 Å². The molecule has 0 unspecified atom stereocenters. The molecule has 0 aliphatic heterocycles. The minimum absolute atomic E-state index is 1.13. The number of aromatic nitrogens is 2. The Morgan fingerprint density at radius 3 is 1.44 bits per heavy atom. The molecule has 2 heteroatoms. The van der Waals surface area contributed by atoms with E-state index in [1.807, 2.05) is 36.9 Å². The summed E-state index contributed by atoms with van der Waals surface area (Å²) in [4.78, 5) is 8.60. The monoisotopic (exact) mass is 432 g/mol. The van der Waals surface area contributed by atoms with Gasteiger partial charge in [-0.15, -0.1) is 0 Å². The van der Waals surface area contributed by atoms with Crippen LogP contribution < -0.4 is 0 Å². The normalized spacial score (nSPS) is 11.5. The molecule has 0 bridgehead atoms. The Kier molecular flexibility index (Phi) is 4.18. The van der Waals surface area contributed by atoms with E-state index in [0.717, 1.165) is 11.1 Å². The summed E-state index contributed by atoms with van der Waals surface area (Å²) in [6, 6.07) is 35.0. The van der Waals surface area contributed by atoms with Gasteiger partial charge in [-0.1, -0.05) is 84.9 Å². The first-order valence-corrected chi connectivity index (χ1v) is 11.5. The van der Waals surface area contributed by atoms with E-state index in [2.05, 4.69) is 94.9 Å². The Labute approximate surface area is 197 Å². The van der Waals surface area contributed by atoms with E-state index in [1.165, 1.54) is 54.6 Å². The fourth-order valence-electron chi connectivity index (χ4n) is 5.20. The highest BCUT2D eigenvalue weighted by Crippen LogP contribution is 2.42. The minimum Gasteiger partial charge on any atom is -0.264 e. The number of benzene rings is 5. The van der Waals surface area contributed by atoms with Crippen molar-refractivity contribution in [2.75, 3.05) is 0 Å². The second kappa shape index (κ2) is 7.50. The van der Waals surface area contributed by atoms with E-state index in [-0.39, 0.29) is 0 Å². The molecule has 2 nitrogen and oxygen atoms in total. The highest BCUT2D eigenvalue weighted by Gasteiger charge is 2.15. The summed E-state index contributed by atoms with van der Waals surface area (Å²) in [5.74, 6) is 0. The van der Waals surface area contributed by atoms with Gasteiger partial charge >= 0.3 is 0 Å². The summed E-state index contributed by atoms with van der Waals surface area (Å²) in [5.41, 5.74) is 7.15. The van der Waals surface area contributed by atoms with Crippen LogP contribution in [0.1, 0.15) is 0 Å². The molecule has 0 saturated heterocycles. The summed E-state index contributed by atoms with van der Waals surface area (Å²) in [6.45, 7) is 0. The van der Waals surface area contributed by atoms with Crippen molar-refractivity contribution in [3.63, 3.8) is 0 Å². The zero-order valence-corrected chi connectivity index (χ0v) is 18.4. The minimum atomic E-state index is 1.13. The maximum absolute atomic E-state index is 4.35. The second-order valence-electron chi connectivity index (χ2n) is 8.71. The Balaban J connectivity index is 1.46. The molecule has 158 valence electrons. The molecule has 0 N–H and O–H groups in total. The first-order chi connectivity index (χ1) is 16.9. The lowest BCUT2D eigenvalue weighted by Crippen LogP contribution is -1.90. The lowest BCUT2D eigenvalue weighted by molar-refractivity contribution is 1.33. The number of rotatable bonds is 3. The van der Waals surface area contributed by atoms with Gasteiger partial charge in [0.1, 0.15) is 0 Å². The Hall–Kier alpha value is -4.56. The van der Waals surface area contributed by atoms with E-state index in [1.54, 1.807) is 0 Å². The van der Waals surface area contributed by atoms with Crippen molar-refractivity contribution in [1.29, 1.82) is 0 Å². The van der Waals surface area contributed by atoms with Gasteiger partial charge in [-0.3, -0.25) is 9.97 Å². The molecule has 34 heavy (non-hydrogen) atoms. The molecule has 2 aromatic heterocycles. The quantitative estimate of drug-likeness (QED) is 0.262. The first kappa shape index (κ1) is 19.0. The van der Waals surface area contributed by atoms with Gasteiger partial charge in [-0.25, -0.2) is 0 Å². The average Bonchev–Trinajstić information content (AvgIpc) is 2.92. The average molecular weight is 433 g/mol. The van der Waals surface area contributed by atoms with Gasteiger partial charge in [0.05, 0.1) is 0 Å². The van der Waals surface area contributed by atoms with Gasteiger partial charge in [0.15, 0.2) is 0 Å². The number of pyridine rings is 2. The van der Waals surface area contributed by atoms with Crippen LogP contribution >= 0.6 is 0 Å². The van der Waals surface area contributed by atoms with Crippen LogP contribution in [-0.4, -0.2) is 9.97 Å². The van der Waals surface area contributed by atoms with Crippen LogP contribution in [0.15, 0.2) is 122 Å². The standard InChI is InChI=1S/C32H20N2/c1-3-25(19-33-17-1)21-5-7-22(8-6-21)27-13-11-23-9-10-24-12-14-28(26-4-2-18-34-20-26)30-16-15-29(27)31(23)32(24)30/h1-20H. The number of hydrogen-bond donors (Lipinski definition) is 0. The summed E-state index contributed by atoms with van der Waals surface area (Å²) in [7, 11) is 0. The van der Waals surface area contributed by atoms with Crippen LogP contribution in [0.25, 0.3) is 65.7 Å². The third-order valence-electron chi connectivity index (χ3n) is 6.83. The zero-order valence-electron chi connectivity index (χ0n) is 18.4. The highest BCUT2D eigenvalue weighted by molar-refractivity contribution is 6.27. The van der Waals surface area contributed by atoms with E-state index in [0.29, 0.717) is 0 Å². The van der Waals surface area contributed by atoms with Crippen molar-refractivity contribution in [2.45, 2.75) is 0 Å². The Morgan fingerprint density at radius 1 is 0.382 bits per heavy atom. The molecular weight excluding hydrogens is 412 g/mol. The molecule has 0 saturated carbocycles. The third-order valence-corrected chi connectivity index (χ3v) is 6.83. The first-order valence-electron chi connectivity index (χ1n) is 11.5. The molecule has 7 aromatic rings. The van der Waals surface area contributed by atoms with Crippen LogP contribution in [0.3, 0.4) is 0 Å². The predicted molar refractivity (Wildman–Crippen MR) is 142 cm³/mol. The molecule has 0 fully saturated rings. The van der Waals surface area contributed by atoms with E-state index in [4.69, 9.17) is 0 Å². The Morgan fingerprint density at radius 2 is 0.882 bits per heavy atom. The fourth-order valence-corrected chi connectivity index (χ4v) is 5.20. The van der Waals surface area contributed by atoms with E-state index in [9.17, 15) is 0 Å². The lowest BCUT2D eigenvalue weighted by Gasteiger charge is -2.16. The van der Waals surface area contributed by atoms with Gasteiger partial charge in [0.2, 0.25) is 0 Å². The van der Waals surface area contributed by atoms with Crippen molar-refractivity contribution in [3.8, 4) is 33.4 Å². The highest BCUT2D eigenvalue weighted by atomic mass is 14.6. The molecule has 0 aliphatic carbocycles. The smallest absolute Gasteiger partial charge is 0.0346 e. The summed E-state index contributed by atoms with van der Waals surface area (Å²) in [5, 5.41) is 7.75. The molecular formula is C32H20N2. The van der Waals surface area contributed by atoms with Crippen LogP contribution in [0, 0.1) is 0 Å². The van der Waals surface area contributed by atoms with Crippen molar-refractivity contribution >= 4 is 32.3 Å². The van der Waals surface area contributed by atoms with Crippen molar-refractivity contribution < 1.29 is 0 Å². The van der Waals surface area contributed by atoms with Gasteiger partial charge in [0.25, 0.3) is 0 Å². The van der Waals surface area contributed by atoms with E-state index < -0.39 is 0 Å². The maximum Gasteiger partial charge on any atom is 0.0346 e. The van der Waals surface area contributed by atoms with Crippen LogP contribution in [0.4, 0.5) is 0 Å². The van der Waals surface area contributed by atoms with Crippen LogP contribution in [0.5, 0.6) is 0 Å². The number of nitrogens with zero attached hydrogens (tertiary/aromatic N) is 2. The van der Waals surface area contributed by atoms with Gasteiger partial charge in [-0.05, 0) is 72.3 Å². The van der Waals surface area contributed by atoms with E-state index >= 15 is 0 Å². The lowest BCUT2D eigenvalue weighted by atomic mass is 9.87. The van der Waals surface area contributed by atoms with Crippen molar-refractivity contribution in [1.82, 2.24) is 9.97 Å². The van der Waals surface area contributed by atoms with Crippen LogP contribution in [0.2, 0.25) is 0 Å². The molecule has 7 rings (SSSR count). The largest absolute Gasteiger partial charge is 0.264 e. The van der Waals surface area contributed by atoms with Gasteiger partial charge < -0.3 is 0 Å². The predicted octanol–water partition coefficient (Wildman–Crippen LogP) is 8.38. The maximum atomic E-state index is 4.35. The number of hydrogen-bond acceptors (Lipinski definition) is 2. The SMILES string of the molecule is c1cncc(-c2ccc(-c3ccc4ccc5ccc(-c6cccnc6)c6ccc3c4c56)cc2)c1. The molecule has 0 spiro atoms. The molecule has 0 amide bonds. The second-order valence-corrected chi connectivity index (χ2v) is 8.71. The summed E-state index contributed by atoms with van der Waals surface area (Å²) >= 11 is 0. The van der Waals surface area contributed by atoms with Gasteiger partial charge in [0, 0.05) is 30.4 Å². The van der Waals surface area contributed by atoms with Gasteiger partial charge in [-0.2, -0.15) is 0 Å². The summed E-state index contributed by atoms with van der Waals surface area (Å²) in [6.07, 6.45) is 7.49. The molecule has 0 radical (unpaired) electrons.